The summed E-state index contributed by atoms with van der Waals surface area (Å²) in [5, 5.41) is 10.2. The molecule has 1 rings (SSSR count). The molecule has 0 radical (unpaired) electrons. The van der Waals surface area contributed by atoms with Crippen LogP contribution < -0.4 is 22.5 Å². The number of nitrogens with one attached hydrogen (secondary N) is 1. The first-order valence-corrected chi connectivity index (χ1v) is 9.99. The number of carbonyl (C=O) groups excluding carboxylic acids is 1. The van der Waals surface area contributed by atoms with Crippen LogP contribution in [0.2, 0.25) is 0 Å². The number of ether oxygens (including phenoxy) is 1. The van der Waals surface area contributed by atoms with E-state index in [1.165, 1.54) is 0 Å². The highest BCUT2D eigenvalue weighted by Crippen LogP contribution is 2.25. The molecule has 0 bridgehead atoms. The van der Waals surface area contributed by atoms with Gasteiger partial charge in [0.15, 0.2) is 0 Å². The summed E-state index contributed by atoms with van der Waals surface area (Å²) in [5.74, 6) is -2.76. The van der Waals surface area contributed by atoms with Gasteiger partial charge >= 0.3 is 18.2 Å². The van der Waals surface area contributed by atoms with Crippen LogP contribution in [-0.2, 0) is 16.1 Å². The highest BCUT2D eigenvalue weighted by atomic mass is 19.4. The fraction of sp³-hybridized carbons (Fsp3) is 0.600. The van der Waals surface area contributed by atoms with E-state index in [1.807, 2.05) is 30.3 Å². The number of amides is 1. The lowest BCUT2D eigenvalue weighted by Gasteiger charge is -2.35. The van der Waals surface area contributed by atoms with Crippen LogP contribution in [0.25, 0.3) is 0 Å². The second-order valence-corrected chi connectivity index (χ2v) is 6.95. The number of aliphatic carboxylic acids is 1. The lowest BCUT2D eigenvalue weighted by Crippen LogP contribution is -2.49. The number of rotatable bonds is 12. The molecule has 8 nitrogen and oxygen atoms in total. The van der Waals surface area contributed by atoms with Gasteiger partial charge in [0.2, 0.25) is 0 Å². The number of carbonyl (C=O) groups is 2. The second-order valence-electron chi connectivity index (χ2n) is 6.95. The van der Waals surface area contributed by atoms with E-state index in [0.717, 1.165) is 44.1 Å². The molecule has 0 spiro atoms. The molecule has 0 aliphatic carbocycles. The van der Waals surface area contributed by atoms with Crippen LogP contribution in [0.15, 0.2) is 30.3 Å². The highest BCUT2D eigenvalue weighted by Gasteiger charge is 2.38. The summed E-state index contributed by atoms with van der Waals surface area (Å²) in [7, 11) is 0. The first-order chi connectivity index (χ1) is 14.6. The summed E-state index contributed by atoms with van der Waals surface area (Å²) in [5.41, 5.74) is 17.6. The summed E-state index contributed by atoms with van der Waals surface area (Å²) >= 11 is 0. The zero-order chi connectivity index (χ0) is 23.8. The lowest BCUT2D eigenvalue weighted by atomic mass is 9.83. The van der Waals surface area contributed by atoms with E-state index in [0.29, 0.717) is 19.6 Å². The minimum atomic E-state index is -5.08. The smallest absolute Gasteiger partial charge is 0.475 e. The van der Waals surface area contributed by atoms with Crippen molar-refractivity contribution in [1.82, 2.24) is 5.32 Å². The topological polar surface area (TPSA) is 154 Å². The average molecular weight is 451 g/mol. The van der Waals surface area contributed by atoms with Crippen LogP contribution in [0.5, 0.6) is 0 Å². The molecule has 0 saturated carbocycles. The molecule has 0 atom stereocenters. The van der Waals surface area contributed by atoms with Crippen molar-refractivity contribution in [2.75, 3.05) is 19.6 Å². The van der Waals surface area contributed by atoms with Gasteiger partial charge in [-0.1, -0.05) is 30.3 Å². The van der Waals surface area contributed by atoms with Gasteiger partial charge in [0.05, 0.1) is 0 Å². The molecule has 1 amide bonds. The quantitative estimate of drug-likeness (QED) is 0.328. The summed E-state index contributed by atoms with van der Waals surface area (Å²) < 4.78 is 37.1. The van der Waals surface area contributed by atoms with Crippen molar-refractivity contribution in [3.05, 3.63) is 35.9 Å². The predicted molar refractivity (Wildman–Crippen MR) is 111 cm³/mol. The molecule has 1 aromatic carbocycles. The Bertz CT molecular complexity index is 609. The fourth-order valence-corrected chi connectivity index (χ4v) is 2.86. The molecule has 0 aromatic heterocycles. The van der Waals surface area contributed by atoms with Crippen LogP contribution in [0.1, 0.15) is 44.1 Å². The molecule has 178 valence electrons. The van der Waals surface area contributed by atoms with Gasteiger partial charge in [-0.25, -0.2) is 9.59 Å². The third kappa shape index (κ3) is 13.5. The Kier molecular flexibility index (Phi) is 14.3. The van der Waals surface area contributed by atoms with E-state index < -0.39 is 18.2 Å². The molecule has 0 fully saturated rings. The largest absolute Gasteiger partial charge is 0.490 e. The van der Waals surface area contributed by atoms with Gasteiger partial charge < -0.3 is 32.4 Å². The van der Waals surface area contributed by atoms with E-state index in [1.54, 1.807) is 0 Å². The van der Waals surface area contributed by atoms with Crippen LogP contribution in [-0.4, -0.2) is 48.5 Å². The number of halogens is 3. The number of carboxylic acid groups (broad SMARTS) is 1. The zero-order valence-corrected chi connectivity index (χ0v) is 17.5. The van der Waals surface area contributed by atoms with E-state index in [9.17, 15) is 18.0 Å². The van der Waals surface area contributed by atoms with Crippen molar-refractivity contribution in [2.24, 2.45) is 17.2 Å². The Balaban J connectivity index is 0.00000110. The van der Waals surface area contributed by atoms with Crippen LogP contribution >= 0.6 is 0 Å². The summed E-state index contributed by atoms with van der Waals surface area (Å²) in [4.78, 5) is 21.2. The molecule has 1 aromatic rings. The SMILES string of the molecule is NCCCC(CCCN)(CCCN)NC(=O)OCc1ccccc1.O=C(O)C(F)(F)F. The molecule has 0 unspecified atom stereocenters. The number of alkyl carbamates (subject to hydrolysis) is 1. The number of hydrogen-bond acceptors (Lipinski definition) is 6. The van der Waals surface area contributed by atoms with E-state index in [-0.39, 0.29) is 12.1 Å². The minimum Gasteiger partial charge on any atom is -0.475 e. The average Bonchev–Trinajstić information content (AvgIpc) is 2.73. The molecule has 0 saturated heterocycles. The molecule has 0 heterocycles. The van der Waals surface area contributed by atoms with E-state index >= 15 is 0 Å². The predicted octanol–water partition coefficient (Wildman–Crippen LogP) is 2.50. The maximum Gasteiger partial charge on any atom is 0.490 e. The Labute approximate surface area is 180 Å². The van der Waals surface area contributed by atoms with Gasteiger partial charge in [-0.3, -0.25) is 0 Å². The molecule has 11 heteroatoms. The van der Waals surface area contributed by atoms with Crippen molar-refractivity contribution in [2.45, 2.75) is 56.8 Å². The summed E-state index contributed by atoms with van der Waals surface area (Å²) in [6.45, 7) is 2.03. The van der Waals surface area contributed by atoms with Crippen LogP contribution in [0, 0.1) is 0 Å². The summed E-state index contributed by atoms with van der Waals surface area (Å²) in [6.07, 6.45) is -0.529. The Morgan fingerprint density at radius 3 is 1.68 bits per heavy atom. The van der Waals surface area contributed by atoms with E-state index in [4.69, 9.17) is 31.8 Å². The normalized spacial score (nSPS) is 11.3. The first-order valence-electron chi connectivity index (χ1n) is 9.99. The maximum atomic E-state index is 12.3. The maximum absolute atomic E-state index is 12.3. The molecular formula is C20H33F3N4O4. The highest BCUT2D eigenvalue weighted by molar-refractivity contribution is 5.73. The van der Waals surface area contributed by atoms with Crippen molar-refractivity contribution < 1.29 is 32.6 Å². The van der Waals surface area contributed by atoms with Gasteiger partial charge in [0.1, 0.15) is 6.61 Å². The van der Waals surface area contributed by atoms with Gasteiger partial charge in [-0.2, -0.15) is 13.2 Å². The number of nitrogens with two attached hydrogens (primary N) is 3. The number of hydrogen-bond donors (Lipinski definition) is 5. The fourth-order valence-electron chi connectivity index (χ4n) is 2.86. The van der Waals surface area contributed by atoms with Crippen LogP contribution in [0.3, 0.4) is 0 Å². The lowest BCUT2D eigenvalue weighted by molar-refractivity contribution is -0.192. The molecule has 0 aliphatic heterocycles. The minimum absolute atomic E-state index is 0.257. The molecule has 8 N–H and O–H groups in total. The second kappa shape index (κ2) is 15.4. The number of benzene rings is 1. The van der Waals surface area contributed by atoms with Gasteiger partial charge in [0, 0.05) is 5.54 Å². The Morgan fingerprint density at radius 2 is 1.32 bits per heavy atom. The standard InChI is InChI=1S/C18H32N4O2.C2HF3O2/c19-12-4-9-18(10-5-13-20,11-6-14-21)22-17(23)24-15-16-7-2-1-3-8-16;3-2(4,5)1(6)7/h1-3,7-8H,4-6,9-15,19-21H2,(H,22,23);(H,6,7). The first kappa shape index (κ1) is 28.6. The van der Waals surface area contributed by atoms with Crippen molar-refractivity contribution in [1.29, 1.82) is 0 Å². The van der Waals surface area contributed by atoms with Gasteiger partial charge in [-0.15, -0.1) is 0 Å². The van der Waals surface area contributed by atoms with Crippen molar-refractivity contribution in [3.8, 4) is 0 Å². The van der Waals surface area contributed by atoms with Crippen molar-refractivity contribution >= 4 is 12.1 Å². The van der Waals surface area contributed by atoms with Gasteiger partial charge in [0.25, 0.3) is 0 Å². The summed E-state index contributed by atoms with van der Waals surface area (Å²) in [6, 6.07) is 9.63. The third-order valence-corrected chi connectivity index (χ3v) is 4.40. The zero-order valence-electron chi connectivity index (χ0n) is 17.5. The van der Waals surface area contributed by atoms with Gasteiger partial charge in [-0.05, 0) is 63.7 Å². The Morgan fingerprint density at radius 1 is 0.903 bits per heavy atom. The molecule has 0 aliphatic rings. The number of alkyl halides is 3. The molecular weight excluding hydrogens is 417 g/mol. The van der Waals surface area contributed by atoms with Crippen molar-refractivity contribution in [3.63, 3.8) is 0 Å². The third-order valence-electron chi connectivity index (χ3n) is 4.40. The number of carboxylic acids is 1. The monoisotopic (exact) mass is 450 g/mol. The Hall–Kier alpha value is -2.37. The molecule has 31 heavy (non-hydrogen) atoms. The van der Waals surface area contributed by atoms with E-state index in [2.05, 4.69) is 5.32 Å². The van der Waals surface area contributed by atoms with Crippen LogP contribution in [0.4, 0.5) is 18.0 Å².